The Morgan fingerprint density at radius 3 is 2.18 bits per heavy atom. The van der Waals surface area contributed by atoms with Crippen LogP contribution in [-0.2, 0) is 26.2 Å². The lowest BCUT2D eigenvalue weighted by Gasteiger charge is -2.24. The molecule has 6 nitrogen and oxygen atoms in total. The van der Waals surface area contributed by atoms with E-state index in [0.717, 1.165) is 17.7 Å². The maximum Gasteiger partial charge on any atom is 0.416 e. The average molecular weight is 544 g/mol. The summed E-state index contributed by atoms with van der Waals surface area (Å²) in [6, 6.07) is 9.34. The van der Waals surface area contributed by atoms with E-state index in [0.29, 0.717) is 30.0 Å². The molecule has 2 aromatic rings. The maximum absolute atomic E-state index is 12.7. The van der Waals surface area contributed by atoms with Crippen LogP contribution in [0.3, 0.4) is 0 Å². The van der Waals surface area contributed by atoms with E-state index in [9.17, 15) is 22.8 Å². The van der Waals surface area contributed by atoms with Gasteiger partial charge in [-0.05, 0) is 61.2 Å². The van der Waals surface area contributed by atoms with Crippen LogP contribution in [0.4, 0.5) is 13.2 Å². The second kappa shape index (κ2) is 12.9. The molecule has 2 aromatic carbocycles. The fourth-order valence-electron chi connectivity index (χ4n) is 2.90. The molecule has 0 radical (unpaired) electrons. The van der Waals surface area contributed by atoms with Crippen molar-refractivity contribution in [2.75, 3.05) is 20.8 Å². The van der Waals surface area contributed by atoms with E-state index in [2.05, 4.69) is 0 Å². The summed E-state index contributed by atoms with van der Waals surface area (Å²) >= 11 is 6.33. The van der Waals surface area contributed by atoms with E-state index < -0.39 is 24.9 Å². The molecule has 3 N–H and O–H groups in total. The number of aliphatic hydroxyl groups is 1. The van der Waals surface area contributed by atoms with Crippen molar-refractivity contribution in [2.45, 2.75) is 31.0 Å². The Labute approximate surface area is 207 Å². The number of hydrogen-bond acceptors (Lipinski definition) is 6. The third-order valence-electron chi connectivity index (χ3n) is 4.92. The smallest absolute Gasteiger partial charge is 0.416 e. The molecule has 0 amide bonds. The molecule has 0 aliphatic carbocycles. The van der Waals surface area contributed by atoms with Crippen molar-refractivity contribution >= 4 is 31.6 Å². The number of ether oxygens (including phenoxy) is 1. The van der Waals surface area contributed by atoms with Crippen LogP contribution < -0.4 is 10.5 Å². The SMILES string of the molecule is COP(=O)(C=CC(N)(CO)CCCc1ccc(Oc2ccc(C(F)(F)F)cc2)cc1Cl)OC.Cl. The number of halogens is 5. The highest BCUT2D eigenvalue weighted by atomic mass is 35.5. The molecule has 0 aliphatic rings. The van der Waals surface area contributed by atoms with Crippen molar-refractivity contribution in [3.05, 3.63) is 70.5 Å². The van der Waals surface area contributed by atoms with Crippen molar-refractivity contribution in [1.29, 1.82) is 0 Å². The van der Waals surface area contributed by atoms with Crippen LogP contribution in [0.1, 0.15) is 24.0 Å². The summed E-state index contributed by atoms with van der Waals surface area (Å²) in [7, 11) is -0.900. The van der Waals surface area contributed by atoms with Crippen LogP contribution in [-0.4, -0.2) is 31.5 Å². The van der Waals surface area contributed by atoms with Gasteiger partial charge in [-0.25, -0.2) is 0 Å². The fourth-order valence-corrected chi connectivity index (χ4v) is 4.04. The largest absolute Gasteiger partial charge is 0.457 e. The Morgan fingerprint density at radius 2 is 1.68 bits per heavy atom. The van der Waals surface area contributed by atoms with Crippen molar-refractivity contribution in [1.82, 2.24) is 0 Å². The van der Waals surface area contributed by atoms with Crippen LogP contribution in [0, 0.1) is 0 Å². The monoisotopic (exact) mass is 543 g/mol. The van der Waals surface area contributed by atoms with Crippen LogP contribution >= 0.6 is 31.6 Å². The quantitative estimate of drug-likeness (QED) is 0.311. The molecule has 0 saturated carbocycles. The molecule has 2 rings (SSSR count). The highest BCUT2D eigenvalue weighted by Gasteiger charge is 2.30. The first-order valence-corrected chi connectivity index (χ1v) is 11.9. The minimum absolute atomic E-state index is 0. The molecule has 34 heavy (non-hydrogen) atoms. The van der Waals surface area contributed by atoms with Gasteiger partial charge >= 0.3 is 13.8 Å². The summed E-state index contributed by atoms with van der Waals surface area (Å²) in [5.74, 6) is 1.85. The van der Waals surface area contributed by atoms with Crippen molar-refractivity contribution in [2.24, 2.45) is 5.73 Å². The van der Waals surface area contributed by atoms with E-state index in [1.54, 1.807) is 18.2 Å². The molecule has 190 valence electrons. The third-order valence-corrected chi connectivity index (χ3v) is 6.81. The fraction of sp³-hybridized carbons (Fsp3) is 0.364. The Morgan fingerprint density at radius 1 is 1.09 bits per heavy atom. The molecule has 0 aliphatic heterocycles. The summed E-state index contributed by atoms with van der Waals surface area (Å²) in [6.45, 7) is -0.370. The van der Waals surface area contributed by atoms with Crippen molar-refractivity contribution < 1.29 is 36.6 Å². The Bertz CT molecular complexity index is 997. The van der Waals surface area contributed by atoms with Crippen LogP contribution in [0.2, 0.25) is 5.02 Å². The number of aliphatic hydroxyl groups excluding tert-OH is 1. The van der Waals surface area contributed by atoms with Gasteiger partial charge in [0.05, 0.1) is 17.7 Å². The van der Waals surface area contributed by atoms with Gasteiger partial charge in [0.15, 0.2) is 0 Å². The Hall–Kier alpha value is -1.58. The average Bonchev–Trinajstić information content (AvgIpc) is 2.79. The third kappa shape index (κ3) is 8.89. The van der Waals surface area contributed by atoms with Crippen LogP contribution in [0.15, 0.2) is 54.4 Å². The first kappa shape index (κ1) is 30.5. The highest BCUT2D eigenvalue weighted by Crippen LogP contribution is 2.48. The summed E-state index contributed by atoms with van der Waals surface area (Å²) in [5.41, 5.74) is 5.10. The molecule has 0 saturated heterocycles. The molecule has 0 heterocycles. The lowest BCUT2D eigenvalue weighted by atomic mass is 9.93. The normalized spacial score (nSPS) is 14.0. The predicted octanol–water partition coefficient (Wildman–Crippen LogP) is 6.59. The molecule has 1 atom stereocenters. The van der Waals surface area contributed by atoms with E-state index >= 15 is 0 Å². The summed E-state index contributed by atoms with van der Waals surface area (Å²) < 4.78 is 65.3. The summed E-state index contributed by atoms with van der Waals surface area (Å²) in [5, 5.41) is 10.1. The first-order chi connectivity index (χ1) is 15.4. The number of aryl methyl sites for hydroxylation is 1. The zero-order valence-corrected chi connectivity index (χ0v) is 21.0. The van der Waals surface area contributed by atoms with E-state index in [4.69, 9.17) is 31.1 Å². The van der Waals surface area contributed by atoms with Gasteiger partial charge in [0, 0.05) is 25.1 Å². The number of hydrogen-bond donors (Lipinski definition) is 2. The molecule has 0 spiro atoms. The molecule has 0 fully saturated rings. The summed E-state index contributed by atoms with van der Waals surface area (Å²) in [4.78, 5) is 0. The molecule has 0 bridgehead atoms. The van der Waals surface area contributed by atoms with Crippen molar-refractivity contribution in [3.8, 4) is 11.5 Å². The van der Waals surface area contributed by atoms with E-state index in [1.165, 1.54) is 38.2 Å². The molecular weight excluding hydrogens is 517 g/mol. The number of alkyl halides is 3. The second-order valence-electron chi connectivity index (χ2n) is 7.34. The zero-order chi connectivity index (χ0) is 24.7. The first-order valence-electron chi connectivity index (χ1n) is 9.88. The van der Waals surface area contributed by atoms with Crippen molar-refractivity contribution in [3.63, 3.8) is 0 Å². The minimum Gasteiger partial charge on any atom is -0.457 e. The van der Waals surface area contributed by atoms with Crippen LogP contribution in [0.5, 0.6) is 11.5 Å². The van der Waals surface area contributed by atoms with Gasteiger partial charge in [0.1, 0.15) is 11.5 Å². The highest BCUT2D eigenvalue weighted by molar-refractivity contribution is 7.57. The van der Waals surface area contributed by atoms with Gasteiger partial charge in [0.2, 0.25) is 0 Å². The van der Waals surface area contributed by atoms with Gasteiger partial charge in [0.25, 0.3) is 0 Å². The second-order valence-corrected chi connectivity index (χ2v) is 9.86. The maximum atomic E-state index is 12.7. The Kier molecular flexibility index (Phi) is 11.6. The number of nitrogens with two attached hydrogens (primary N) is 1. The minimum atomic E-state index is -4.41. The number of rotatable bonds is 11. The van der Waals surface area contributed by atoms with Gasteiger partial charge in [-0.2, -0.15) is 13.2 Å². The van der Waals surface area contributed by atoms with Gasteiger partial charge in [-0.1, -0.05) is 23.7 Å². The van der Waals surface area contributed by atoms with E-state index in [-0.39, 0.29) is 24.8 Å². The standard InChI is InChI=1S/C22H26ClF3NO5P.ClH/c1-30-33(29,31-2)13-12-21(27,15-28)11-3-4-16-5-8-19(14-20(16)23)32-18-9-6-17(7-10-18)22(24,25)26;/h5-10,12-14,28H,3-4,11,15,27H2,1-2H3;1H. The lowest BCUT2D eigenvalue weighted by Crippen LogP contribution is -2.41. The number of benzene rings is 2. The lowest BCUT2D eigenvalue weighted by molar-refractivity contribution is -0.137. The predicted molar refractivity (Wildman–Crippen MR) is 128 cm³/mol. The molecule has 12 heteroatoms. The topological polar surface area (TPSA) is 91.0 Å². The summed E-state index contributed by atoms with van der Waals surface area (Å²) in [6.07, 6.45) is -1.52. The Balaban J connectivity index is 0.00000578. The molecular formula is C22H27Cl2F3NO5P. The van der Waals surface area contributed by atoms with Gasteiger partial charge < -0.3 is 24.6 Å². The van der Waals surface area contributed by atoms with E-state index in [1.807, 2.05) is 0 Å². The van der Waals surface area contributed by atoms with Gasteiger partial charge in [-0.3, -0.25) is 4.57 Å². The molecule has 0 aromatic heterocycles. The zero-order valence-electron chi connectivity index (χ0n) is 18.5. The van der Waals surface area contributed by atoms with Crippen LogP contribution in [0.25, 0.3) is 0 Å². The molecule has 1 unspecified atom stereocenters. The van der Waals surface area contributed by atoms with Gasteiger partial charge in [-0.15, -0.1) is 12.4 Å².